The van der Waals surface area contributed by atoms with Crippen LogP contribution in [0, 0.1) is 0 Å². The van der Waals surface area contributed by atoms with Crippen molar-refractivity contribution in [2.45, 2.75) is 23.0 Å². The highest BCUT2D eigenvalue weighted by Crippen LogP contribution is 2.39. The van der Waals surface area contributed by atoms with Crippen LogP contribution in [0.25, 0.3) is 0 Å². The molecule has 0 radical (unpaired) electrons. The van der Waals surface area contributed by atoms with E-state index in [0.29, 0.717) is 17.9 Å². The number of pyridine rings is 1. The van der Waals surface area contributed by atoms with Crippen LogP contribution in [0.3, 0.4) is 0 Å². The maximum atomic E-state index is 11.9. The predicted octanol–water partition coefficient (Wildman–Crippen LogP) is -0.440. The summed E-state index contributed by atoms with van der Waals surface area (Å²) < 4.78 is 1.97. The second kappa shape index (κ2) is 7.41. The van der Waals surface area contributed by atoms with Crippen molar-refractivity contribution < 1.29 is 19.3 Å². The molecule has 3 heterocycles. The Labute approximate surface area is 159 Å². The fourth-order valence-electron chi connectivity index (χ4n) is 2.67. The maximum Gasteiger partial charge on any atom is 0.248 e. The molecular weight excluding hydrogens is 449 g/mol. The first-order valence-corrected chi connectivity index (χ1v) is 8.98. The number of rotatable bonds is 4. The minimum absolute atomic E-state index is 0. The van der Waals surface area contributed by atoms with E-state index < -0.39 is 12.0 Å². The van der Waals surface area contributed by atoms with Gasteiger partial charge in [-0.1, -0.05) is 11.8 Å². The number of carboxylic acids is 1. The Morgan fingerprint density at radius 1 is 1.57 bits per heavy atom. The number of thioether (sulfide) groups is 2. The molecule has 0 aromatic carbocycles. The number of aromatic nitrogens is 1. The number of carbonyl (C=O) groups excluding carboxylic acids is 2. The van der Waals surface area contributed by atoms with Crippen molar-refractivity contribution in [1.29, 1.82) is 0 Å². The molecule has 3 rings (SSSR count). The summed E-state index contributed by atoms with van der Waals surface area (Å²) in [6, 6.07) is 5.17. The summed E-state index contributed by atoms with van der Waals surface area (Å²) in [5.74, 6) is -1.14. The molecule has 0 saturated carbocycles. The van der Waals surface area contributed by atoms with Crippen molar-refractivity contribution in [3.8, 4) is 0 Å². The van der Waals surface area contributed by atoms with Gasteiger partial charge in [0.1, 0.15) is 11.4 Å². The van der Waals surface area contributed by atoms with E-state index >= 15 is 0 Å². The van der Waals surface area contributed by atoms with Gasteiger partial charge in [-0.15, -0.1) is 35.7 Å². The topological polar surface area (TPSA) is 90.3 Å². The Kier molecular flexibility index (Phi) is 5.98. The average Bonchev–Trinajstić information content (AvgIpc) is 2.53. The molecule has 1 fully saturated rings. The molecule has 2 aliphatic heterocycles. The average molecular weight is 465 g/mol. The molecule has 2 N–H and O–H groups in total. The number of β-lactam (4-membered cyclic amide) rings is 1. The van der Waals surface area contributed by atoms with Gasteiger partial charge in [0.2, 0.25) is 10.9 Å². The summed E-state index contributed by atoms with van der Waals surface area (Å²) in [6.45, 7) is 0.416. The van der Waals surface area contributed by atoms with Crippen LogP contribution >= 0.6 is 47.5 Å². The molecule has 0 bridgehead atoms. The largest absolute Gasteiger partial charge is 0.543 e. The highest BCUT2D eigenvalue weighted by atomic mass is 127. The van der Waals surface area contributed by atoms with E-state index in [1.54, 1.807) is 11.8 Å². The van der Waals surface area contributed by atoms with Gasteiger partial charge in [0.15, 0.2) is 12.7 Å². The Hall–Kier alpha value is -0.780. The highest BCUT2D eigenvalue weighted by molar-refractivity contribution is 14.0. The standard InChI is InChI=1S/C14H15N3O3S2.HI/c1-21-9-4-2-3-5-16(9)6-8-7-22-13-10(15)12(18)17(13)11(8)14(19)20;/h2-5,10,13H,6-7,15H2,1H3;1H/t10-,13+;/m1./s1. The first-order chi connectivity index (χ1) is 10.5. The van der Waals surface area contributed by atoms with Crippen LogP contribution in [-0.4, -0.2) is 40.2 Å². The zero-order valence-corrected chi connectivity index (χ0v) is 16.3. The zero-order chi connectivity index (χ0) is 15.9. The number of halogens is 1. The number of nitrogens with two attached hydrogens (primary N) is 1. The van der Waals surface area contributed by atoms with Crippen LogP contribution in [0.1, 0.15) is 0 Å². The number of fused-ring (bicyclic) bond motifs is 1. The minimum Gasteiger partial charge on any atom is -0.543 e. The van der Waals surface area contributed by atoms with Gasteiger partial charge >= 0.3 is 0 Å². The molecule has 9 heteroatoms. The first-order valence-electron chi connectivity index (χ1n) is 6.70. The second-order valence-corrected chi connectivity index (χ2v) is 6.98. The van der Waals surface area contributed by atoms with Gasteiger partial charge in [0.25, 0.3) is 0 Å². The Balaban J connectivity index is 0.00000192. The van der Waals surface area contributed by atoms with E-state index in [1.807, 2.05) is 35.2 Å². The molecule has 1 aromatic rings. The zero-order valence-electron chi connectivity index (χ0n) is 12.3. The summed E-state index contributed by atoms with van der Waals surface area (Å²) in [4.78, 5) is 24.7. The van der Waals surface area contributed by atoms with Crippen molar-refractivity contribution in [3.63, 3.8) is 0 Å². The van der Waals surface area contributed by atoms with Crippen molar-refractivity contribution in [2.24, 2.45) is 5.73 Å². The quantitative estimate of drug-likeness (QED) is 0.281. The molecule has 0 aliphatic carbocycles. The molecular formula is C14H16IN3O3S2. The van der Waals surface area contributed by atoms with Crippen molar-refractivity contribution in [1.82, 2.24) is 4.90 Å². The van der Waals surface area contributed by atoms with Crippen LogP contribution in [0.15, 0.2) is 40.7 Å². The molecule has 1 amide bonds. The lowest BCUT2D eigenvalue weighted by Crippen LogP contribution is -2.69. The summed E-state index contributed by atoms with van der Waals surface area (Å²) in [5, 5.41) is 12.3. The molecule has 1 aromatic heterocycles. The summed E-state index contributed by atoms with van der Waals surface area (Å²) in [5.41, 5.74) is 6.39. The van der Waals surface area contributed by atoms with Crippen molar-refractivity contribution in [3.05, 3.63) is 35.7 Å². The minimum atomic E-state index is -1.32. The van der Waals surface area contributed by atoms with E-state index in [-0.39, 0.29) is 41.0 Å². The number of carboxylic acid groups (broad SMARTS) is 1. The number of amides is 1. The van der Waals surface area contributed by atoms with Crippen LogP contribution in [0.5, 0.6) is 0 Å². The SMILES string of the molecule is CSc1cccc[n+]1CC1=C(C(=O)[O-])N2C(=O)[C@@H](N)[C@@H]2SC1.I. The predicted molar refractivity (Wildman–Crippen MR) is 96.9 cm³/mol. The molecule has 6 nitrogen and oxygen atoms in total. The molecule has 2 aliphatic rings. The number of nitrogens with zero attached hydrogens (tertiary/aromatic N) is 2. The van der Waals surface area contributed by atoms with E-state index in [9.17, 15) is 14.7 Å². The van der Waals surface area contributed by atoms with E-state index in [0.717, 1.165) is 5.03 Å². The Bertz CT molecular complexity index is 683. The van der Waals surface area contributed by atoms with Crippen LogP contribution in [0.2, 0.25) is 0 Å². The van der Waals surface area contributed by atoms with Gasteiger partial charge in [0, 0.05) is 23.5 Å². The lowest BCUT2D eigenvalue weighted by Gasteiger charge is -2.49. The first kappa shape index (κ1) is 18.6. The van der Waals surface area contributed by atoms with E-state index in [2.05, 4.69) is 0 Å². The summed E-state index contributed by atoms with van der Waals surface area (Å²) in [7, 11) is 0. The highest BCUT2D eigenvalue weighted by Gasteiger charge is 2.50. The molecule has 2 atom stereocenters. The lowest BCUT2D eigenvalue weighted by atomic mass is 10.0. The number of carbonyl (C=O) groups is 2. The normalized spacial score (nSPS) is 23.0. The van der Waals surface area contributed by atoms with Crippen molar-refractivity contribution >= 4 is 59.4 Å². The van der Waals surface area contributed by atoms with Crippen LogP contribution in [0.4, 0.5) is 0 Å². The monoisotopic (exact) mass is 465 g/mol. The Morgan fingerprint density at radius 3 is 2.96 bits per heavy atom. The lowest BCUT2D eigenvalue weighted by molar-refractivity contribution is -0.725. The maximum absolute atomic E-state index is 11.9. The fourth-order valence-corrected chi connectivity index (χ4v) is 4.53. The Morgan fingerprint density at radius 2 is 2.30 bits per heavy atom. The van der Waals surface area contributed by atoms with Gasteiger partial charge < -0.3 is 15.6 Å². The number of hydrogen-bond donors (Lipinski definition) is 1. The molecule has 1 saturated heterocycles. The van der Waals surface area contributed by atoms with Crippen LogP contribution < -0.4 is 15.4 Å². The summed E-state index contributed by atoms with van der Waals surface area (Å²) in [6.07, 6.45) is 3.86. The molecule has 23 heavy (non-hydrogen) atoms. The molecule has 0 spiro atoms. The van der Waals surface area contributed by atoms with Gasteiger partial charge in [-0.3, -0.25) is 9.69 Å². The smallest absolute Gasteiger partial charge is 0.248 e. The summed E-state index contributed by atoms with van der Waals surface area (Å²) >= 11 is 3.08. The molecule has 124 valence electrons. The number of aliphatic carboxylic acids is 1. The van der Waals surface area contributed by atoms with E-state index in [4.69, 9.17) is 5.73 Å². The fraction of sp³-hybridized carbons (Fsp3) is 0.357. The third kappa shape index (κ3) is 3.24. The second-order valence-electron chi connectivity index (χ2n) is 5.05. The third-order valence-corrected chi connectivity index (χ3v) is 5.90. The number of hydrogen-bond acceptors (Lipinski definition) is 6. The van der Waals surface area contributed by atoms with Crippen molar-refractivity contribution in [2.75, 3.05) is 12.0 Å². The van der Waals surface area contributed by atoms with Gasteiger partial charge in [-0.25, -0.2) is 0 Å². The third-order valence-electron chi connectivity index (χ3n) is 3.75. The van der Waals surface area contributed by atoms with Gasteiger partial charge in [-0.05, 0) is 12.3 Å². The van der Waals surface area contributed by atoms with Gasteiger partial charge in [-0.2, -0.15) is 4.57 Å². The van der Waals surface area contributed by atoms with Crippen LogP contribution in [-0.2, 0) is 16.1 Å². The van der Waals surface area contributed by atoms with E-state index in [1.165, 1.54) is 16.7 Å². The van der Waals surface area contributed by atoms with Gasteiger partial charge in [0.05, 0.1) is 11.7 Å². The molecule has 0 unspecified atom stereocenters.